The molecule has 7 heteroatoms. The van der Waals surface area contributed by atoms with E-state index >= 15 is 0 Å². The highest BCUT2D eigenvalue weighted by molar-refractivity contribution is 6.07. The smallest absolute Gasteiger partial charge is 0.346 e. The van der Waals surface area contributed by atoms with Crippen LogP contribution in [-0.4, -0.2) is 37.4 Å². The average Bonchev–Trinajstić information content (AvgIpc) is 2.90. The molecular formula is C19H19N3O4. The van der Waals surface area contributed by atoms with Gasteiger partial charge in [-0.15, -0.1) is 5.01 Å². The fourth-order valence-electron chi connectivity index (χ4n) is 2.72. The third kappa shape index (κ3) is 3.11. The quantitative estimate of drug-likeness (QED) is 0.662. The molecule has 134 valence electrons. The summed E-state index contributed by atoms with van der Waals surface area (Å²) < 4.78 is 10.4. The number of nitrogens with zero attached hydrogens (tertiary/aromatic N) is 2. The van der Waals surface area contributed by atoms with E-state index in [4.69, 9.17) is 9.47 Å². The highest BCUT2D eigenvalue weighted by atomic mass is 16.5. The fourth-order valence-corrected chi connectivity index (χ4v) is 2.72. The number of amides is 3. The Bertz CT molecular complexity index is 844. The SMILES string of the molecule is COc1cc(/C=N\N2C(=O)N[C@@](C)(c3ccccc3)C2=O)cc(OC)c1. The Morgan fingerprint density at radius 1 is 1.04 bits per heavy atom. The Balaban J connectivity index is 1.88. The van der Waals surface area contributed by atoms with Crippen LogP contribution in [0.4, 0.5) is 4.79 Å². The Hall–Kier alpha value is -3.35. The molecule has 1 atom stereocenters. The van der Waals surface area contributed by atoms with E-state index in [0.29, 0.717) is 22.6 Å². The summed E-state index contributed by atoms with van der Waals surface area (Å²) in [5.41, 5.74) is 0.177. The Kier molecular flexibility index (Phi) is 4.62. The van der Waals surface area contributed by atoms with Crippen molar-refractivity contribution in [3.63, 3.8) is 0 Å². The first-order valence-corrected chi connectivity index (χ1v) is 7.97. The third-order valence-electron chi connectivity index (χ3n) is 4.22. The molecule has 1 heterocycles. The number of nitrogens with one attached hydrogen (secondary N) is 1. The molecule has 0 spiro atoms. The van der Waals surface area contributed by atoms with E-state index in [2.05, 4.69) is 10.4 Å². The molecule has 3 rings (SSSR count). The summed E-state index contributed by atoms with van der Waals surface area (Å²) in [6, 6.07) is 13.6. The molecule has 0 radical (unpaired) electrons. The van der Waals surface area contributed by atoms with Crippen LogP contribution in [0, 0.1) is 0 Å². The molecule has 1 aliphatic rings. The van der Waals surface area contributed by atoms with E-state index < -0.39 is 17.5 Å². The summed E-state index contributed by atoms with van der Waals surface area (Å²) in [4.78, 5) is 25.1. The van der Waals surface area contributed by atoms with Crippen molar-refractivity contribution in [3.8, 4) is 11.5 Å². The molecule has 0 unspecified atom stereocenters. The molecule has 0 aliphatic carbocycles. The van der Waals surface area contributed by atoms with E-state index in [1.165, 1.54) is 6.21 Å². The van der Waals surface area contributed by atoms with Gasteiger partial charge in [0, 0.05) is 11.6 Å². The summed E-state index contributed by atoms with van der Waals surface area (Å²) in [5, 5.41) is 7.60. The largest absolute Gasteiger partial charge is 0.497 e. The Morgan fingerprint density at radius 3 is 2.23 bits per heavy atom. The molecule has 7 nitrogen and oxygen atoms in total. The summed E-state index contributed by atoms with van der Waals surface area (Å²) in [6.45, 7) is 1.66. The maximum Gasteiger partial charge on any atom is 0.346 e. The van der Waals surface area contributed by atoms with E-state index in [1.807, 2.05) is 18.2 Å². The number of rotatable bonds is 5. The van der Waals surface area contributed by atoms with E-state index in [9.17, 15) is 9.59 Å². The molecule has 0 aromatic heterocycles. The van der Waals surface area contributed by atoms with Gasteiger partial charge in [-0.25, -0.2) is 4.79 Å². The van der Waals surface area contributed by atoms with Gasteiger partial charge in [-0.2, -0.15) is 5.10 Å². The van der Waals surface area contributed by atoms with Crippen molar-refractivity contribution in [3.05, 3.63) is 59.7 Å². The predicted octanol–water partition coefficient (Wildman–Crippen LogP) is 2.50. The Morgan fingerprint density at radius 2 is 1.65 bits per heavy atom. The van der Waals surface area contributed by atoms with Gasteiger partial charge in [-0.1, -0.05) is 30.3 Å². The number of ether oxygens (including phenoxy) is 2. The molecule has 1 aliphatic heterocycles. The number of urea groups is 1. The second-order valence-electron chi connectivity index (χ2n) is 5.93. The van der Waals surface area contributed by atoms with Crippen LogP contribution < -0.4 is 14.8 Å². The molecule has 1 N–H and O–H groups in total. The zero-order valence-corrected chi connectivity index (χ0v) is 14.7. The summed E-state index contributed by atoms with van der Waals surface area (Å²) >= 11 is 0. The Labute approximate surface area is 151 Å². The number of benzene rings is 2. The van der Waals surface area contributed by atoms with Crippen molar-refractivity contribution in [2.24, 2.45) is 5.10 Å². The zero-order valence-electron chi connectivity index (χ0n) is 14.7. The lowest BCUT2D eigenvalue weighted by molar-refractivity contribution is -0.131. The van der Waals surface area contributed by atoms with Crippen molar-refractivity contribution in [1.82, 2.24) is 10.3 Å². The standard InChI is InChI=1S/C19H19N3O4/c1-19(14-7-5-4-6-8-14)17(23)22(18(24)21-19)20-12-13-9-15(25-2)11-16(10-13)26-3/h4-12H,1-3H3,(H,21,24)/b20-12-/t19-/m0/s1. The number of hydrogen-bond donors (Lipinski definition) is 1. The van der Waals surface area contributed by atoms with E-state index in [-0.39, 0.29) is 0 Å². The zero-order chi connectivity index (χ0) is 18.7. The van der Waals surface area contributed by atoms with Gasteiger partial charge >= 0.3 is 6.03 Å². The number of carbonyl (C=O) groups excluding carboxylic acids is 2. The van der Waals surface area contributed by atoms with Gasteiger partial charge in [0.25, 0.3) is 5.91 Å². The van der Waals surface area contributed by atoms with Crippen LogP contribution in [0.2, 0.25) is 0 Å². The van der Waals surface area contributed by atoms with Gasteiger partial charge in [-0.3, -0.25) is 4.79 Å². The minimum atomic E-state index is -1.15. The maximum atomic E-state index is 12.8. The second kappa shape index (κ2) is 6.87. The van der Waals surface area contributed by atoms with Gasteiger partial charge in [0.15, 0.2) is 0 Å². The average molecular weight is 353 g/mol. The predicted molar refractivity (Wildman–Crippen MR) is 96.3 cm³/mol. The lowest BCUT2D eigenvalue weighted by atomic mass is 9.92. The van der Waals surface area contributed by atoms with Gasteiger partial charge < -0.3 is 14.8 Å². The first-order chi connectivity index (χ1) is 12.5. The molecule has 3 amide bonds. The van der Waals surface area contributed by atoms with E-state index in [0.717, 1.165) is 5.01 Å². The topological polar surface area (TPSA) is 80.2 Å². The number of methoxy groups -OCH3 is 2. The second-order valence-corrected chi connectivity index (χ2v) is 5.93. The van der Waals surface area contributed by atoms with E-state index in [1.54, 1.807) is 51.5 Å². The molecule has 1 saturated heterocycles. The minimum absolute atomic E-state index is 0.445. The molecule has 26 heavy (non-hydrogen) atoms. The van der Waals surface area contributed by atoms with Crippen LogP contribution in [0.25, 0.3) is 0 Å². The fraction of sp³-hybridized carbons (Fsp3) is 0.211. The van der Waals surface area contributed by atoms with Gasteiger partial charge in [0.2, 0.25) is 0 Å². The van der Waals surface area contributed by atoms with Crippen LogP contribution in [-0.2, 0) is 10.3 Å². The van der Waals surface area contributed by atoms with Crippen molar-refractivity contribution in [1.29, 1.82) is 0 Å². The lowest BCUT2D eigenvalue weighted by Crippen LogP contribution is -2.40. The molecule has 2 aromatic carbocycles. The minimum Gasteiger partial charge on any atom is -0.497 e. The van der Waals surface area contributed by atoms with Crippen LogP contribution in [0.3, 0.4) is 0 Å². The molecule has 0 bridgehead atoms. The molecular weight excluding hydrogens is 334 g/mol. The summed E-state index contributed by atoms with van der Waals surface area (Å²) in [6.07, 6.45) is 1.42. The van der Waals surface area contributed by atoms with Crippen molar-refractivity contribution in [2.75, 3.05) is 14.2 Å². The van der Waals surface area contributed by atoms with Crippen molar-refractivity contribution < 1.29 is 19.1 Å². The van der Waals surface area contributed by atoms with Crippen molar-refractivity contribution >= 4 is 18.2 Å². The normalized spacial score (nSPS) is 19.7. The number of carbonyl (C=O) groups is 2. The van der Waals surface area contributed by atoms with Gasteiger partial charge in [0.1, 0.15) is 17.0 Å². The maximum absolute atomic E-state index is 12.8. The highest BCUT2D eigenvalue weighted by Crippen LogP contribution is 2.29. The third-order valence-corrected chi connectivity index (χ3v) is 4.22. The van der Waals surface area contributed by atoms with Crippen LogP contribution in [0.5, 0.6) is 11.5 Å². The van der Waals surface area contributed by atoms with Gasteiger partial charge in [-0.05, 0) is 24.6 Å². The summed E-state index contributed by atoms with van der Waals surface area (Å²) in [5.74, 6) is 0.717. The highest BCUT2D eigenvalue weighted by Gasteiger charge is 2.49. The summed E-state index contributed by atoms with van der Waals surface area (Å²) in [7, 11) is 3.08. The van der Waals surface area contributed by atoms with Crippen LogP contribution in [0.15, 0.2) is 53.6 Å². The number of imide groups is 1. The lowest BCUT2D eigenvalue weighted by Gasteiger charge is -2.20. The first-order valence-electron chi connectivity index (χ1n) is 7.97. The van der Waals surface area contributed by atoms with Gasteiger partial charge in [0.05, 0.1) is 20.4 Å². The number of hydrazone groups is 1. The van der Waals surface area contributed by atoms with Crippen LogP contribution >= 0.6 is 0 Å². The number of hydrogen-bond acceptors (Lipinski definition) is 5. The first kappa shape index (κ1) is 17.5. The molecule has 0 saturated carbocycles. The van der Waals surface area contributed by atoms with Crippen molar-refractivity contribution in [2.45, 2.75) is 12.5 Å². The molecule has 1 fully saturated rings. The monoisotopic (exact) mass is 353 g/mol. The van der Waals surface area contributed by atoms with Crippen LogP contribution in [0.1, 0.15) is 18.1 Å². The molecule has 2 aromatic rings.